The predicted octanol–water partition coefficient (Wildman–Crippen LogP) is 4.29. The van der Waals surface area contributed by atoms with Crippen LogP contribution in [-0.4, -0.2) is 16.9 Å². The highest BCUT2D eigenvalue weighted by atomic mass is 16.2. The average molecular weight is 354 g/mol. The maximum Gasteiger partial charge on any atom is 0.277 e. The standard InChI is InChI=1S/C22H18N4O/c1-15-11-17-6-2-3-8-21(17)26(15)22(27)20-10-9-19(14-24-20)25-18-7-4-5-16(12-18)13-23/h2-10,12,14-15,25H,11H2,1H3. The second-order valence-electron chi connectivity index (χ2n) is 6.61. The zero-order chi connectivity index (χ0) is 18.8. The smallest absolute Gasteiger partial charge is 0.277 e. The number of hydrogen-bond acceptors (Lipinski definition) is 4. The van der Waals surface area contributed by atoms with E-state index in [0.29, 0.717) is 11.3 Å². The van der Waals surface area contributed by atoms with Gasteiger partial charge in [-0.1, -0.05) is 24.3 Å². The molecule has 1 aliphatic rings. The Balaban J connectivity index is 1.54. The quantitative estimate of drug-likeness (QED) is 0.762. The van der Waals surface area contributed by atoms with E-state index in [2.05, 4.69) is 29.4 Å². The topological polar surface area (TPSA) is 69.0 Å². The van der Waals surface area contributed by atoms with Crippen LogP contribution in [0.4, 0.5) is 17.1 Å². The molecule has 5 nitrogen and oxygen atoms in total. The van der Waals surface area contributed by atoms with Gasteiger partial charge in [0.2, 0.25) is 0 Å². The number of nitrogens with one attached hydrogen (secondary N) is 1. The highest BCUT2D eigenvalue weighted by molar-refractivity contribution is 6.06. The molecule has 1 unspecified atom stereocenters. The summed E-state index contributed by atoms with van der Waals surface area (Å²) in [6.45, 7) is 2.05. The van der Waals surface area contributed by atoms with Crippen molar-refractivity contribution >= 4 is 23.0 Å². The van der Waals surface area contributed by atoms with E-state index in [0.717, 1.165) is 23.5 Å². The number of anilines is 3. The number of carbonyl (C=O) groups excluding carboxylic acids is 1. The summed E-state index contributed by atoms with van der Waals surface area (Å²) in [5.74, 6) is -0.0922. The summed E-state index contributed by atoms with van der Waals surface area (Å²) >= 11 is 0. The van der Waals surface area contributed by atoms with Gasteiger partial charge in [0, 0.05) is 17.4 Å². The monoisotopic (exact) mass is 354 g/mol. The molecule has 5 heteroatoms. The van der Waals surface area contributed by atoms with Gasteiger partial charge in [0.05, 0.1) is 23.5 Å². The molecular weight excluding hydrogens is 336 g/mol. The van der Waals surface area contributed by atoms with Crippen LogP contribution >= 0.6 is 0 Å². The fraction of sp³-hybridized carbons (Fsp3) is 0.136. The van der Waals surface area contributed by atoms with Gasteiger partial charge in [0.15, 0.2) is 0 Å². The molecule has 27 heavy (non-hydrogen) atoms. The normalized spacial score (nSPS) is 15.1. The lowest BCUT2D eigenvalue weighted by Crippen LogP contribution is -2.36. The summed E-state index contributed by atoms with van der Waals surface area (Å²) < 4.78 is 0. The van der Waals surface area contributed by atoms with Crippen molar-refractivity contribution in [3.05, 3.63) is 83.7 Å². The summed E-state index contributed by atoms with van der Waals surface area (Å²) in [6, 6.07) is 21.0. The largest absolute Gasteiger partial charge is 0.354 e. The summed E-state index contributed by atoms with van der Waals surface area (Å²) in [5, 5.41) is 12.2. The highest BCUT2D eigenvalue weighted by Gasteiger charge is 2.31. The molecule has 3 aromatic rings. The van der Waals surface area contributed by atoms with Gasteiger partial charge in [0.25, 0.3) is 5.91 Å². The van der Waals surface area contributed by atoms with Crippen LogP contribution in [0.3, 0.4) is 0 Å². The number of carbonyl (C=O) groups is 1. The van der Waals surface area contributed by atoms with Crippen LogP contribution in [0, 0.1) is 11.3 Å². The van der Waals surface area contributed by atoms with E-state index in [4.69, 9.17) is 5.26 Å². The van der Waals surface area contributed by atoms with Crippen molar-refractivity contribution in [3.63, 3.8) is 0 Å². The predicted molar refractivity (Wildman–Crippen MR) is 105 cm³/mol. The number of aromatic nitrogens is 1. The van der Waals surface area contributed by atoms with Crippen LogP contribution in [0.1, 0.15) is 28.5 Å². The summed E-state index contributed by atoms with van der Waals surface area (Å²) in [7, 11) is 0. The number of benzene rings is 2. The molecule has 132 valence electrons. The molecule has 2 heterocycles. The Hall–Kier alpha value is -3.65. The Labute approximate surface area is 157 Å². The first-order valence-corrected chi connectivity index (χ1v) is 8.80. The van der Waals surface area contributed by atoms with Crippen molar-refractivity contribution in [1.29, 1.82) is 5.26 Å². The second kappa shape index (κ2) is 6.93. The summed E-state index contributed by atoms with van der Waals surface area (Å²) in [6.07, 6.45) is 2.50. The molecule has 1 aromatic heterocycles. The molecule has 1 amide bonds. The Morgan fingerprint density at radius 3 is 2.78 bits per heavy atom. The molecule has 0 fully saturated rings. The van der Waals surface area contributed by atoms with E-state index in [1.807, 2.05) is 41.3 Å². The van der Waals surface area contributed by atoms with Crippen LogP contribution < -0.4 is 10.2 Å². The zero-order valence-corrected chi connectivity index (χ0v) is 14.9. The van der Waals surface area contributed by atoms with Gasteiger partial charge in [0.1, 0.15) is 5.69 Å². The number of fused-ring (bicyclic) bond motifs is 1. The zero-order valence-electron chi connectivity index (χ0n) is 14.9. The average Bonchev–Trinajstić information content (AvgIpc) is 3.04. The number of rotatable bonds is 3. The summed E-state index contributed by atoms with van der Waals surface area (Å²) in [4.78, 5) is 19.2. The van der Waals surface area contributed by atoms with Gasteiger partial charge < -0.3 is 10.2 Å². The molecule has 0 aliphatic carbocycles. The van der Waals surface area contributed by atoms with Crippen LogP contribution in [0.15, 0.2) is 66.9 Å². The van der Waals surface area contributed by atoms with Gasteiger partial charge in [-0.25, -0.2) is 4.98 Å². The van der Waals surface area contributed by atoms with Gasteiger partial charge in [-0.15, -0.1) is 0 Å². The molecule has 0 bridgehead atoms. The summed E-state index contributed by atoms with van der Waals surface area (Å²) in [5.41, 5.74) is 4.71. The molecule has 2 aromatic carbocycles. The fourth-order valence-electron chi connectivity index (χ4n) is 3.43. The Morgan fingerprint density at radius 1 is 1.15 bits per heavy atom. The third kappa shape index (κ3) is 3.25. The minimum Gasteiger partial charge on any atom is -0.354 e. The van der Waals surface area contributed by atoms with Crippen molar-refractivity contribution in [2.45, 2.75) is 19.4 Å². The Kier molecular flexibility index (Phi) is 4.31. The number of amides is 1. The first-order chi connectivity index (χ1) is 13.2. The first kappa shape index (κ1) is 16.8. The molecule has 1 aliphatic heterocycles. The molecule has 1 atom stereocenters. The number of pyridine rings is 1. The number of hydrogen-bond donors (Lipinski definition) is 1. The third-order valence-corrected chi connectivity index (χ3v) is 4.69. The molecule has 0 radical (unpaired) electrons. The lowest BCUT2D eigenvalue weighted by atomic mass is 10.1. The van der Waals surface area contributed by atoms with Crippen LogP contribution in [0.5, 0.6) is 0 Å². The van der Waals surface area contributed by atoms with Crippen LogP contribution in [-0.2, 0) is 6.42 Å². The minimum absolute atomic E-state index is 0.0922. The van der Waals surface area contributed by atoms with Gasteiger partial charge in [-0.3, -0.25) is 4.79 Å². The minimum atomic E-state index is -0.0922. The van der Waals surface area contributed by atoms with Crippen molar-refractivity contribution in [2.24, 2.45) is 0 Å². The van der Waals surface area contributed by atoms with E-state index in [9.17, 15) is 4.79 Å². The lowest BCUT2D eigenvalue weighted by Gasteiger charge is -2.22. The van der Waals surface area contributed by atoms with E-state index in [1.54, 1.807) is 24.4 Å². The van der Waals surface area contributed by atoms with Crippen molar-refractivity contribution in [2.75, 3.05) is 10.2 Å². The van der Waals surface area contributed by atoms with Crippen molar-refractivity contribution in [1.82, 2.24) is 4.98 Å². The molecule has 4 rings (SSSR count). The number of nitrogens with zero attached hydrogens (tertiary/aromatic N) is 3. The maximum absolute atomic E-state index is 13.0. The molecule has 0 saturated heterocycles. The molecule has 0 spiro atoms. The van der Waals surface area contributed by atoms with Crippen LogP contribution in [0.25, 0.3) is 0 Å². The molecular formula is C22H18N4O. The molecule has 1 N–H and O–H groups in total. The Bertz CT molecular complexity index is 1040. The highest BCUT2D eigenvalue weighted by Crippen LogP contribution is 2.32. The van der Waals surface area contributed by atoms with Gasteiger partial charge in [-0.05, 0) is 55.3 Å². The number of nitriles is 1. The molecule has 0 saturated carbocycles. The Morgan fingerprint density at radius 2 is 2.00 bits per heavy atom. The fourth-order valence-corrected chi connectivity index (χ4v) is 3.43. The maximum atomic E-state index is 13.0. The van der Waals surface area contributed by atoms with Gasteiger partial charge in [-0.2, -0.15) is 5.26 Å². The van der Waals surface area contributed by atoms with E-state index in [1.165, 1.54) is 5.56 Å². The van der Waals surface area contributed by atoms with Crippen molar-refractivity contribution in [3.8, 4) is 6.07 Å². The van der Waals surface area contributed by atoms with E-state index < -0.39 is 0 Å². The third-order valence-electron chi connectivity index (χ3n) is 4.69. The van der Waals surface area contributed by atoms with E-state index in [-0.39, 0.29) is 11.9 Å². The lowest BCUT2D eigenvalue weighted by molar-refractivity contribution is 0.0976. The van der Waals surface area contributed by atoms with Gasteiger partial charge >= 0.3 is 0 Å². The van der Waals surface area contributed by atoms with Crippen molar-refractivity contribution < 1.29 is 4.79 Å². The van der Waals surface area contributed by atoms with Crippen LogP contribution in [0.2, 0.25) is 0 Å². The number of para-hydroxylation sites is 1. The first-order valence-electron chi connectivity index (χ1n) is 8.80. The SMILES string of the molecule is CC1Cc2ccccc2N1C(=O)c1ccc(Nc2cccc(C#N)c2)cn1. The second-order valence-corrected chi connectivity index (χ2v) is 6.61. The van der Waals surface area contributed by atoms with E-state index >= 15 is 0 Å².